The lowest BCUT2D eigenvalue weighted by atomic mass is 9.89. The van der Waals surface area contributed by atoms with Gasteiger partial charge in [0.25, 0.3) is 23.6 Å². The Morgan fingerprint density at radius 2 is 1.25 bits per heavy atom. The SMILES string of the molecule is CC[C@H](C)[C@@H]([C@@H](CC(=O)N1CCC[C@H]1[C@H](OC)[C@@H](C)C(=O)N[C@H](C)[C@@H](O)c1ccccc1)OC)N(C)C(=O)[C@@H](NC(=O)[C@H](C(C)C)N(C)C(=O)OCc1ccc(NC(=O)[C@H](CCCNC(N)=O)NC(=O)[C@@H](NC(=O)CCC(=O)N(CCN2C(=O)C=CC2=O)CCN2C(=O)C=CC2=O)C(C)C)cc1)C(C)C. The van der Waals surface area contributed by atoms with E-state index in [-0.39, 0.29) is 82.0 Å². The van der Waals surface area contributed by atoms with Crippen molar-refractivity contribution >= 4 is 88.7 Å². The molecular formula is C74H109N13O18. The van der Waals surface area contributed by atoms with Crippen molar-refractivity contribution < 1.29 is 86.4 Å². The van der Waals surface area contributed by atoms with E-state index in [4.69, 9.17) is 19.9 Å². The van der Waals surface area contributed by atoms with E-state index in [9.17, 15) is 72.2 Å². The highest BCUT2D eigenvalue weighted by Gasteiger charge is 2.44. The van der Waals surface area contributed by atoms with Crippen LogP contribution < -0.4 is 37.6 Å². The number of aliphatic hydroxyl groups is 1. The number of nitrogens with one attached hydrogen (secondary N) is 6. The molecule has 0 radical (unpaired) electrons. The van der Waals surface area contributed by atoms with Crippen LogP contribution in [0.1, 0.15) is 138 Å². The summed E-state index contributed by atoms with van der Waals surface area (Å²) in [5, 5.41) is 27.4. The minimum Gasteiger partial charge on any atom is -0.445 e. The lowest BCUT2D eigenvalue weighted by Gasteiger charge is -2.41. The molecule has 31 nitrogen and oxygen atoms in total. The number of aliphatic hydroxyl groups excluding tert-OH is 1. The first kappa shape index (κ1) is 86.0. The largest absolute Gasteiger partial charge is 0.445 e. The van der Waals surface area contributed by atoms with Gasteiger partial charge in [0.05, 0.1) is 48.8 Å². The van der Waals surface area contributed by atoms with Crippen molar-refractivity contribution in [2.24, 2.45) is 35.3 Å². The monoisotopic (exact) mass is 1470 g/mol. The second kappa shape index (κ2) is 41.2. The van der Waals surface area contributed by atoms with Crippen molar-refractivity contribution in [1.29, 1.82) is 0 Å². The molecule has 0 spiro atoms. The summed E-state index contributed by atoms with van der Waals surface area (Å²) >= 11 is 0. The fourth-order valence-electron chi connectivity index (χ4n) is 13.2. The van der Waals surface area contributed by atoms with Gasteiger partial charge in [-0.15, -0.1) is 0 Å². The molecule has 1 fully saturated rings. The van der Waals surface area contributed by atoms with E-state index in [1.165, 1.54) is 43.2 Å². The van der Waals surface area contributed by atoms with Crippen LogP contribution in [0.2, 0.25) is 0 Å². The minimum absolute atomic E-state index is 0.0110. The smallest absolute Gasteiger partial charge is 0.410 e. The number of primary amides is 1. The van der Waals surface area contributed by atoms with Gasteiger partial charge in [-0.2, -0.15) is 0 Å². The van der Waals surface area contributed by atoms with Gasteiger partial charge in [-0.05, 0) is 79.5 Å². The molecule has 0 aliphatic carbocycles. The molecule has 3 heterocycles. The molecule has 2 aromatic rings. The van der Waals surface area contributed by atoms with Crippen molar-refractivity contribution in [3.05, 3.63) is 90.0 Å². The van der Waals surface area contributed by atoms with Crippen molar-refractivity contribution in [2.45, 2.75) is 188 Å². The van der Waals surface area contributed by atoms with Crippen LogP contribution in [0.15, 0.2) is 78.9 Å². The Labute approximate surface area is 614 Å². The zero-order valence-corrected chi connectivity index (χ0v) is 62.9. The number of likely N-dealkylation sites (tertiary alicyclic amines) is 1. The normalized spacial score (nSPS) is 17.4. The maximum absolute atomic E-state index is 14.9. The Balaban J connectivity index is 1.18. The molecule has 15 amide bonds. The number of ether oxygens (including phenoxy) is 3. The van der Waals surface area contributed by atoms with Gasteiger partial charge in [0.15, 0.2) is 0 Å². The number of imide groups is 2. The van der Waals surface area contributed by atoms with E-state index in [0.29, 0.717) is 36.9 Å². The first-order valence-electron chi connectivity index (χ1n) is 35.9. The average Bonchev–Trinajstić information content (AvgIpc) is 1.71. The number of carbonyl (C=O) groups excluding carboxylic acids is 14. The first-order chi connectivity index (χ1) is 49.6. The number of amides is 15. The molecule has 3 aliphatic rings. The molecule has 0 bridgehead atoms. The van der Waals surface area contributed by atoms with Gasteiger partial charge < -0.3 is 71.7 Å². The zero-order valence-electron chi connectivity index (χ0n) is 62.9. The summed E-state index contributed by atoms with van der Waals surface area (Å²) in [5.74, 6) is -9.12. The lowest BCUT2D eigenvalue weighted by molar-refractivity contribution is -0.148. The molecule has 2 aromatic carbocycles. The molecule has 0 aromatic heterocycles. The fourth-order valence-corrected chi connectivity index (χ4v) is 13.2. The second-order valence-corrected chi connectivity index (χ2v) is 28.0. The summed E-state index contributed by atoms with van der Waals surface area (Å²) in [6.07, 6.45) is 2.10. The van der Waals surface area contributed by atoms with Crippen molar-refractivity contribution in [2.75, 3.05) is 72.9 Å². The first-order valence-corrected chi connectivity index (χ1v) is 35.9. The van der Waals surface area contributed by atoms with Crippen molar-refractivity contribution in [3.63, 3.8) is 0 Å². The van der Waals surface area contributed by atoms with E-state index in [0.717, 1.165) is 39.0 Å². The maximum atomic E-state index is 14.9. The Morgan fingerprint density at radius 3 is 1.77 bits per heavy atom. The van der Waals surface area contributed by atoms with E-state index in [1.807, 2.05) is 32.0 Å². The minimum atomic E-state index is -1.23. The van der Waals surface area contributed by atoms with Gasteiger partial charge >= 0.3 is 12.1 Å². The summed E-state index contributed by atoms with van der Waals surface area (Å²) in [7, 11) is 6.02. The topological polar surface area (TPSA) is 405 Å². The Bertz CT molecular complexity index is 3360. The number of carbonyl (C=O) groups is 14. The highest BCUT2D eigenvalue weighted by atomic mass is 16.6. The molecule has 0 unspecified atom stereocenters. The fraction of sp³-hybridized carbons (Fsp3) is 0.595. The average molecular weight is 1470 g/mol. The molecule has 0 saturated carbocycles. The highest BCUT2D eigenvalue weighted by Crippen LogP contribution is 2.31. The van der Waals surface area contributed by atoms with E-state index < -0.39 is 168 Å². The molecule has 5 rings (SSSR count). The van der Waals surface area contributed by atoms with Crippen LogP contribution in [0, 0.1) is 29.6 Å². The number of nitrogens with zero attached hydrogens (tertiary/aromatic N) is 6. The molecule has 31 heteroatoms. The third-order valence-corrected chi connectivity index (χ3v) is 19.4. The van der Waals surface area contributed by atoms with Gasteiger partial charge in [0, 0.05) is 110 Å². The molecule has 578 valence electrons. The maximum Gasteiger partial charge on any atom is 0.410 e. The third-order valence-electron chi connectivity index (χ3n) is 19.4. The summed E-state index contributed by atoms with van der Waals surface area (Å²) in [4.78, 5) is 194. The van der Waals surface area contributed by atoms with Crippen molar-refractivity contribution in [3.8, 4) is 0 Å². The number of methoxy groups -OCH3 is 2. The van der Waals surface area contributed by atoms with E-state index >= 15 is 0 Å². The van der Waals surface area contributed by atoms with Crippen LogP contribution in [0.25, 0.3) is 0 Å². The lowest BCUT2D eigenvalue weighted by Crippen LogP contribution is -2.60. The van der Waals surface area contributed by atoms with Crippen LogP contribution >= 0.6 is 0 Å². The quantitative estimate of drug-likeness (QED) is 0.0350. The Kier molecular flexibility index (Phi) is 33.7. The summed E-state index contributed by atoms with van der Waals surface area (Å²) < 4.78 is 17.8. The number of urea groups is 1. The van der Waals surface area contributed by atoms with Crippen LogP contribution in [0.3, 0.4) is 0 Å². The van der Waals surface area contributed by atoms with Gasteiger partial charge in [-0.3, -0.25) is 72.2 Å². The molecule has 3 aliphatic heterocycles. The van der Waals surface area contributed by atoms with Gasteiger partial charge in [0.1, 0.15) is 30.8 Å². The number of likely N-dealkylation sites (N-methyl/N-ethyl adjacent to an activating group) is 2. The van der Waals surface area contributed by atoms with Crippen LogP contribution in [0.4, 0.5) is 15.3 Å². The van der Waals surface area contributed by atoms with E-state index in [1.54, 1.807) is 91.6 Å². The molecular weight excluding hydrogens is 1360 g/mol. The highest BCUT2D eigenvalue weighted by molar-refractivity contribution is 6.13. The Hall–Kier alpha value is -9.62. The predicted molar refractivity (Wildman–Crippen MR) is 387 cm³/mol. The van der Waals surface area contributed by atoms with Crippen LogP contribution in [-0.4, -0.2) is 240 Å². The number of nitrogens with two attached hydrogens (primary N) is 1. The number of benzene rings is 2. The number of hydrogen-bond acceptors (Lipinski definition) is 18. The van der Waals surface area contributed by atoms with Crippen molar-refractivity contribution in [1.82, 2.24) is 56.0 Å². The predicted octanol–water partition coefficient (Wildman–Crippen LogP) is 3.05. The zero-order chi connectivity index (χ0) is 78.1. The number of rotatable bonds is 41. The molecule has 9 N–H and O–H groups in total. The summed E-state index contributed by atoms with van der Waals surface area (Å²) in [6.45, 7) is 17.2. The third kappa shape index (κ3) is 24.5. The van der Waals surface area contributed by atoms with Gasteiger partial charge in [-0.1, -0.05) is 111 Å². The summed E-state index contributed by atoms with van der Waals surface area (Å²) in [6, 6.07) is 8.03. The standard InChI is InChI=1S/C74H109N13O18/c1-15-46(8)65(54(103-13)41-61(94)85-36-20-24-53(85)67(104-14)47(9)68(96)77-48(10)66(95)50-21-17-16-18-22-50)82(11)72(100)63(44(4)5)81-71(99)64(45(6)7)83(12)74(102)105-42-49-25-27-51(28-26-49)78-69(97)52(23-19-35-76-73(75)101)79-70(98)62(43(2)3)80-55(88)29-30-56(89)84(37-39-86-57(90)31-32-58(86)91)38-40-87-59(92)33-34-60(87)93/h16-18,21-22,25-28,31-34,43-48,52-54,62-67,95H,15,19-20,23-24,29-30,35-42H2,1-14H3,(H,77,96)(H,78,97)(H,79,98)(H,80,88)(H,81,99)(H3,75,76,101)/t46-,47+,48+,52-,53-,54+,62-,63-,64-,65-,66+,67+/m0/s1. The molecule has 105 heavy (non-hydrogen) atoms. The second-order valence-electron chi connectivity index (χ2n) is 28.0. The number of hydrogen-bond donors (Lipinski definition) is 8. The molecule has 1 saturated heterocycles. The molecule has 12 atom stereocenters. The Morgan fingerprint density at radius 1 is 0.667 bits per heavy atom. The van der Waals surface area contributed by atoms with Gasteiger partial charge in [-0.25, -0.2) is 9.59 Å². The van der Waals surface area contributed by atoms with Crippen LogP contribution in [0.5, 0.6) is 0 Å². The summed E-state index contributed by atoms with van der Waals surface area (Å²) in [5.41, 5.74) is 6.67. The van der Waals surface area contributed by atoms with Crippen LogP contribution in [-0.2, 0) is 78.4 Å². The number of anilines is 1. The van der Waals surface area contributed by atoms with E-state index in [2.05, 4.69) is 31.9 Å². The van der Waals surface area contributed by atoms with Gasteiger partial charge in [0.2, 0.25) is 47.3 Å².